The molecule has 0 spiro atoms. The van der Waals surface area contributed by atoms with Crippen LogP contribution < -0.4 is 14.4 Å². The first-order valence-corrected chi connectivity index (χ1v) is 10.6. The number of nitrogens with zero attached hydrogens (tertiary/aromatic N) is 1. The molecule has 3 aromatic rings. The monoisotopic (exact) mass is 403 g/mol. The molecule has 1 aromatic heterocycles. The van der Waals surface area contributed by atoms with Gasteiger partial charge in [0.2, 0.25) is 5.75 Å². The highest BCUT2D eigenvalue weighted by Gasteiger charge is 2.35. The zero-order chi connectivity index (χ0) is 19.6. The number of benzene rings is 2. The van der Waals surface area contributed by atoms with E-state index in [9.17, 15) is 14.7 Å². The molecule has 0 aliphatic rings. The van der Waals surface area contributed by atoms with E-state index in [4.69, 9.17) is 9.05 Å². The molecule has 0 N–H and O–H groups in total. The largest absolute Gasteiger partial charge is 0.463 e. The Bertz CT molecular complexity index is 1030. The summed E-state index contributed by atoms with van der Waals surface area (Å²) in [5.41, 5.74) is 2.09. The van der Waals surface area contributed by atoms with Gasteiger partial charge in [0.15, 0.2) is 0 Å². The minimum Gasteiger partial charge on any atom is -0.413 e. The van der Waals surface area contributed by atoms with Crippen LogP contribution in [0.4, 0.5) is 5.69 Å². The molecule has 140 valence electrons. The van der Waals surface area contributed by atoms with E-state index in [2.05, 4.69) is 0 Å². The van der Waals surface area contributed by atoms with E-state index in [0.29, 0.717) is 16.6 Å². The zero-order valence-electron chi connectivity index (χ0n) is 15.0. The molecule has 0 fully saturated rings. The van der Waals surface area contributed by atoms with Crippen LogP contribution in [0.1, 0.15) is 16.7 Å². The van der Waals surface area contributed by atoms with E-state index >= 15 is 0 Å². The van der Waals surface area contributed by atoms with Gasteiger partial charge in [0, 0.05) is 11.4 Å². The van der Waals surface area contributed by atoms with Gasteiger partial charge in [-0.25, -0.2) is 4.57 Å². The first-order valence-electron chi connectivity index (χ1n) is 8.13. The van der Waals surface area contributed by atoms with Crippen LogP contribution in [0.3, 0.4) is 0 Å². The molecule has 0 unspecified atom stereocenters. The minimum absolute atomic E-state index is 0.0539. The van der Waals surface area contributed by atoms with Gasteiger partial charge in [-0.15, -0.1) is 0 Å². The Labute approximate surface area is 161 Å². The summed E-state index contributed by atoms with van der Waals surface area (Å²) in [4.78, 5) is 10.8. The van der Waals surface area contributed by atoms with E-state index in [1.54, 1.807) is 41.9 Å². The fraction of sp³-hybridized carbons (Fsp3) is 0.158. The predicted molar refractivity (Wildman–Crippen MR) is 107 cm³/mol. The van der Waals surface area contributed by atoms with Crippen molar-refractivity contribution in [1.82, 2.24) is 0 Å². The van der Waals surface area contributed by atoms with E-state index in [0.717, 1.165) is 11.1 Å². The normalized spacial score (nSPS) is 13.0. The van der Waals surface area contributed by atoms with Crippen LogP contribution in [0.2, 0.25) is 0 Å². The van der Waals surface area contributed by atoms with Crippen molar-refractivity contribution >= 4 is 29.9 Å². The highest BCUT2D eigenvalue weighted by atomic mass is 32.1. The molecule has 0 aliphatic carbocycles. The Hall–Kier alpha value is -2.63. The Morgan fingerprint density at radius 2 is 1.81 bits per heavy atom. The van der Waals surface area contributed by atoms with Gasteiger partial charge < -0.3 is 9.05 Å². The number of hydrogen-bond acceptors (Lipinski definition) is 6. The maximum Gasteiger partial charge on any atom is 0.463 e. The lowest BCUT2D eigenvalue weighted by molar-refractivity contribution is -0.385. The molecule has 0 radical (unpaired) electrons. The fourth-order valence-corrected chi connectivity index (χ4v) is 5.36. The van der Waals surface area contributed by atoms with Crippen molar-refractivity contribution in [2.45, 2.75) is 20.8 Å². The number of rotatable bonds is 6. The standard InChI is InChI=1S/C19H18NO5PS/c1-13-7-8-18(15(3)11-13)24-26(23,16-9-10-27-12-16)25-19-14(2)5-4-6-17(19)20(21)22/h4-12H,1-3H3/t26-/m1/s1. The van der Waals surface area contributed by atoms with Gasteiger partial charge in [-0.05, 0) is 49.4 Å². The third-order valence-electron chi connectivity index (χ3n) is 3.97. The molecule has 0 bridgehead atoms. The number of thiophene rings is 1. The van der Waals surface area contributed by atoms with Gasteiger partial charge in [-0.1, -0.05) is 29.8 Å². The smallest absolute Gasteiger partial charge is 0.413 e. The van der Waals surface area contributed by atoms with E-state index in [1.807, 2.05) is 26.0 Å². The molecule has 0 saturated heterocycles. The van der Waals surface area contributed by atoms with Crippen LogP contribution in [0, 0.1) is 30.9 Å². The van der Waals surface area contributed by atoms with Crippen molar-refractivity contribution in [1.29, 1.82) is 0 Å². The summed E-state index contributed by atoms with van der Waals surface area (Å²) in [5, 5.41) is 15.2. The maximum atomic E-state index is 13.7. The highest BCUT2D eigenvalue weighted by molar-refractivity contribution is 7.63. The van der Waals surface area contributed by atoms with E-state index in [-0.39, 0.29) is 11.4 Å². The molecule has 0 amide bonds. The Balaban J connectivity index is 2.08. The molecule has 1 atom stereocenters. The number of para-hydroxylation sites is 1. The minimum atomic E-state index is -3.90. The molecule has 6 nitrogen and oxygen atoms in total. The second-order valence-corrected chi connectivity index (χ2v) is 8.77. The first kappa shape index (κ1) is 19.1. The summed E-state index contributed by atoms with van der Waals surface area (Å²) < 4.78 is 25.3. The molecule has 0 saturated carbocycles. The predicted octanol–water partition coefficient (Wildman–Crippen LogP) is 5.56. The van der Waals surface area contributed by atoms with Gasteiger partial charge >= 0.3 is 13.3 Å². The fourth-order valence-electron chi connectivity index (χ4n) is 2.59. The summed E-state index contributed by atoms with van der Waals surface area (Å²) in [7, 11) is -3.90. The Morgan fingerprint density at radius 3 is 2.44 bits per heavy atom. The lowest BCUT2D eigenvalue weighted by Crippen LogP contribution is -2.14. The topological polar surface area (TPSA) is 78.7 Å². The molecule has 0 aliphatic heterocycles. The van der Waals surface area contributed by atoms with Gasteiger partial charge in [0.25, 0.3) is 0 Å². The molecule has 3 rings (SSSR count). The van der Waals surface area contributed by atoms with Crippen LogP contribution in [0.25, 0.3) is 0 Å². The molecule has 8 heteroatoms. The average molecular weight is 403 g/mol. The summed E-state index contributed by atoms with van der Waals surface area (Å²) in [6.07, 6.45) is 0. The van der Waals surface area contributed by atoms with Gasteiger partial charge in [-0.2, -0.15) is 11.3 Å². The summed E-state index contributed by atoms with van der Waals surface area (Å²) in [6.45, 7) is 5.45. The van der Waals surface area contributed by atoms with Gasteiger partial charge in [0.05, 0.1) is 10.2 Å². The summed E-state index contributed by atoms with van der Waals surface area (Å²) >= 11 is 1.34. The number of aryl methyl sites for hydroxylation is 3. The van der Waals surface area contributed by atoms with Crippen LogP contribution in [-0.4, -0.2) is 4.92 Å². The second kappa shape index (κ2) is 7.55. The van der Waals surface area contributed by atoms with Gasteiger partial charge in [-0.3, -0.25) is 10.1 Å². The van der Waals surface area contributed by atoms with Crippen molar-refractivity contribution in [2.24, 2.45) is 0 Å². The highest BCUT2D eigenvalue weighted by Crippen LogP contribution is 2.51. The zero-order valence-corrected chi connectivity index (χ0v) is 16.8. The SMILES string of the molecule is Cc1ccc(O[P@@](=O)(Oc2c(C)cccc2[N+](=O)[O-])c2ccsc2)c(C)c1. The van der Waals surface area contributed by atoms with E-state index in [1.165, 1.54) is 17.4 Å². The van der Waals surface area contributed by atoms with Crippen LogP contribution in [0.15, 0.2) is 53.2 Å². The molecule has 1 heterocycles. The van der Waals surface area contributed by atoms with Crippen molar-refractivity contribution in [2.75, 3.05) is 0 Å². The summed E-state index contributed by atoms with van der Waals surface area (Å²) in [6, 6.07) is 11.6. The third-order valence-corrected chi connectivity index (χ3v) is 6.60. The quantitative estimate of drug-likeness (QED) is 0.306. The maximum absolute atomic E-state index is 13.7. The van der Waals surface area contributed by atoms with Crippen molar-refractivity contribution in [3.05, 3.63) is 80.0 Å². The van der Waals surface area contributed by atoms with Crippen LogP contribution >= 0.6 is 18.9 Å². The number of nitro groups is 1. The third kappa shape index (κ3) is 4.04. The Morgan fingerprint density at radius 1 is 1.04 bits per heavy atom. The number of hydrogen-bond donors (Lipinski definition) is 0. The first-order chi connectivity index (χ1) is 12.8. The second-order valence-electron chi connectivity index (χ2n) is 6.11. The van der Waals surface area contributed by atoms with Crippen LogP contribution in [0.5, 0.6) is 11.5 Å². The molecular weight excluding hydrogens is 385 g/mol. The lowest BCUT2D eigenvalue weighted by atomic mass is 10.1. The Kier molecular flexibility index (Phi) is 5.35. The van der Waals surface area contributed by atoms with Crippen molar-refractivity contribution < 1.29 is 18.5 Å². The summed E-state index contributed by atoms with van der Waals surface area (Å²) in [5.74, 6) is 0.355. The molecule has 2 aromatic carbocycles. The average Bonchev–Trinajstić information content (AvgIpc) is 3.14. The lowest BCUT2D eigenvalue weighted by Gasteiger charge is -2.21. The van der Waals surface area contributed by atoms with E-state index < -0.39 is 12.5 Å². The molecular formula is C19H18NO5PS. The van der Waals surface area contributed by atoms with Crippen molar-refractivity contribution in [3.63, 3.8) is 0 Å². The van der Waals surface area contributed by atoms with Crippen molar-refractivity contribution in [3.8, 4) is 11.5 Å². The van der Waals surface area contributed by atoms with Crippen LogP contribution in [-0.2, 0) is 4.57 Å². The van der Waals surface area contributed by atoms with Gasteiger partial charge in [0.1, 0.15) is 5.75 Å². The number of nitro benzene ring substituents is 1. The molecule has 27 heavy (non-hydrogen) atoms.